The maximum atomic E-state index is 14.3. The van der Waals surface area contributed by atoms with Crippen LogP contribution in [0.5, 0.6) is 5.75 Å². The summed E-state index contributed by atoms with van der Waals surface area (Å²) in [7, 11) is 1.37. The summed E-state index contributed by atoms with van der Waals surface area (Å²) in [5.74, 6) is -2.49. The number of carboxylic acids is 1. The van der Waals surface area contributed by atoms with Gasteiger partial charge in [-0.1, -0.05) is 0 Å². The fraction of sp³-hybridized carbons (Fsp3) is 0.423. The van der Waals surface area contributed by atoms with Crippen LogP contribution in [0.1, 0.15) is 54.1 Å². The maximum absolute atomic E-state index is 14.3. The molecule has 208 valence electrons. The number of fused-ring (bicyclic) bond motifs is 1. The minimum Gasteiger partial charge on any atom is -0.496 e. The molecule has 13 heteroatoms. The van der Waals surface area contributed by atoms with Gasteiger partial charge in [-0.05, 0) is 51.5 Å². The van der Waals surface area contributed by atoms with Crippen molar-refractivity contribution >= 4 is 33.5 Å². The number of aliphatic carboxylic acids is 1. The SMILES string of the molecule is CCOC(=O)c1sc2c(c1C)c(=O)n(C(C)(C)C(=O)O)c(=O)n2CC(OCCC#N)c1cc(F)ccc1OC. The van der Waals surface area contributed by atoms with Crippen molar-refractivity contribution in [2.75, 3.05) is 20.3 Å². The standard InChI is InChI=1S/C26H28FN3O8S/c1-6-37-23(32)20-14(2)19-21(31)30(26(3,4)24(33)34)25(35)29(22(19)39-20)13-18(38-11-7-10-28)16-12-15(27)8-9-17(16)36-5/h8-9,12,18H,6-7,11,13H2,1-5H3,(H,33,34). The van der Waals surface area contributed by atoms with Gasteiger partial charge in [0, 0.05) is 5.56 Å². The third-order valence-corrected chi connectivity index (χ3v) is 7.47. The Morgan fingerprint density at radius 3 is 2.56 bits per heavy atom. The van der Waals surface area contributed by atoms with Crippen LogP contribution in [0.2, 0.25) is 0 Å². The number of ether oxygens (including phenoxy) is 3. The number of thiophene rings is 1. The molecule has 0 spiro atoms. The molecule has 0 aliphatic heterocycles. The van der Waals surface area contributed by atoms with Crippen molar-refractivity contribution in [3.63, 3.8) is 0 Å². The molecule has 0 radical (unpaired) electrons. The number of methoxy groups -OCH3 is 1. The summed E-state index contributed by atoms with van der Waals surface area (Å²) in [6.45, 7) is 5.22. The number of carbonyl (C=O) groups is 2. The predicted molar refractivity (Wildman–Crippen MR) is 140 cm³/mol. The lowest BCUT2D eigenvalue weighted by Gasteiger charge is -2.25. The van der Waals surface area contributed by atoms with E-state index >= 15 is 0 Å². The highest BCUT2D eigenvalue weighted by atomic mass is 32.1. The second kappa shape index (κ2) is 11.8. The first-order chi connectivity index (χ1) is 18.4. The molecular weight excluding hydrogens is 533 g/mol. The second-order valence-electron chi connectivity index (χ2n) is 9.01. The largest absolute Gasteiger partial charge is 0.496 e. The van der Waals surface area contributed by atoms with Crippen LogP contribution in [0.15, 0.2) is 27.8 Å². The van der Waals surface area contributed by atoms with Gasteiger partial charge in [-0.3, -0.25) is 9.36 Å². The number of rotatable bonds is 11. The molecule has 1 N–H and O–H groups in total. The van der Waals surface area contributed by atoms with Crippen molar-refractivity contribution in [3.05, 3.63) is 60.9 Å². The van der Waals surface area contributed by atoms with E-state index in [1.807, 2.05) is 6.07 Å². The van der Waals surface area contributed by atoms with Crippen LogP contribution < -0.4 is 16.0 Å². The Balaban J connectivity index is 2.39. The van der Waals surface area contributed by atoms with E-state index < -0.39 is 40.6 Å². The highest BCUT2D eigenvalue weighted by molar-refractivity contribution is 7.20. The molecule has 2 heterocycles. The molecule has 3 rings (SSSR count). The zero-order valence-electron chi connectivity index (χ0n) is 22.1. The van der Waals surface area contributed by atoms with E-state index in [9.17, 15) is 28.7 Å². The molecule has 0 amide bonds. The molecule has 11 nitrogen and oxygen atoms in total. The molecule has 2 aromatic heterocycles. The molecule has 39 heavy (non-hydrogen) atoms. The Hall–Kier alpha value is -4.02. The van der Waals surface area contributed by atoms with Gasteiger partial charge >= 0.3 is 17.6 Å². The third-order valence-electron chi connectivity index (χ3n) is 6.18. The number of hydrogen-bond acceptors (Lipinski definition) is 9. The third kappa shape index (κ3) is 5.57. The number of aryl methyl sites for hydroxylation is 1. The monoisotopic (exact) mass is 561 g/mol. The minimum atomic E-state index is -1.96. The van der Waals surface area contributed by atoms with E-state index in [4.69, 9.17) is 19.5 Å². The Morgan fingerprint density at radius 1 is 1.28 bits per heavy atom. The van der Waals surface area contributed by atoms with Gasteiger partial charge in [0.15, 0.2) is 0 Å². The molecule has 0 fully saturated rings. The van der Waals surface area contributed by atoms with Crippen LogP contribution in [0.4, 0.5) is 4.39 Å². The number of carbonyl (C=O) groups excluding carboxylic acids is 1. The van der Waals surface area contributed by atoms with E-state index in [0.717, 1.165) is 15.9 Å². The Morgan fingerprint density at radius 2 is 1.97 bits per heavy atom. The number of benzene rings is 1. The highest BCUT2D eigenvalue weighted by Crippen LogP contribution is 2.33. The van der Waals surface area contributed by atoms with Crippen molar-refractivity contribution < 1.29 is 33.3 Å². The van der Waals surface area contributed by atoms with Crippen LogP contribution in [0, 0.1) is 24.1 Å². The Bertz CT molecular complexity index is 1580. The van der Waals surface area contributed by atoms with Gasteiger partial charge in [-0.2, -0.15) is 5.26 Å². The van der Waals surface area contributed by atoms with Gasteiger partial charge in [0.2, 0.25) is 0 Å². The van der Waals surface area contributed by atoms with Crippen LogP contribution in [-0.4, -0.2) is 46.5 Å². The lowest BCUT2D eigenvalue weighted by molar-refractivity contribution is -0.146. The summed E-state index contributed by atoms with van der Waals surface area (Å²) < 4.78 is 32.4. The first kappa shape index (κ1) is 29.5. The molecule has 0 saturated carbocycles. The molecule has 0 aliphatic carbocycles. The van der Waals surface area contributed by atoms with E-state index in [1.54, 1.807) is 6.92 Å². The summed E-state index contributed by atoms with van der Waals surface area (Å²) in [6.07, 6.45) is -1.06. The number of carboxylic acid groups (broad SMARTS) is 1. The van der Waals surface area contributed by atoms with Gasteiger partial charge in [0.25, 0.3) is 5.56 Å². The van der Waals surface area contributed by atoms with Crippen LogP contribution in [0.3, 0.4) is 0 Å². The normalized spacial score (nSPS) is 12.2. The average Bonchev–Trinajstić information content (AvgIpc) is 3.22. The lowest BCUT2D eigenvalue weighted by atomic mass is 10.0. The fourth-order valence-electron chi connectivity index (χ4n) is 4.10. The molecule has 1 atom stereocenters. The van der Waals surface area contributed by atoms with Gasteiger partial charge in [0.1, 0.15) is 32.9 Å². The summed E-state index contributed by atoms with van der Waals surface area (Å²) in [6, 6.07) is 5.67. The number of esters is 1. The van der Waals surface area contributed by atoms with Crippen molar-refractivity contribution in [1.82, 2.24) is 9.13 Å². The lowest BCUT2D eigenvalue weighted by Crippen LogP contribution is -2.52. The van der Waals surface area contributed by atoms with Gasteiger partial charge in [-0.25, -0.2) is 23.3 Å². The van der Waals surface area contributed by atoms with E-state index in [1.165, 1.54) is 46.1 Å². The van der Waals surface area contributed by atoms with Crippen molar-refractivity contribution in [3.8, 4) is 11.8 Å². The van der Waals surface area contributed by atoms with Crippen molar-refractivity contribution in [1.29, 1.82) is 5.26 Å². The molecular formula is C26H28FN3O8S. The van der Waals surface area contributed by atoms with Crippen molar-refractivity contribution in [2.45, 2.75) is 52.3 Å². The zero-order chi connectivity index (χ0) is 29.1. The number of nitrogens with zero attached hydrogens (tertiary/aromatic N) is 3. The topological polar surface area (TPSA) is 150 Å². The summed E-state index contributed by atoms with van der Waals surface area (Å²) >= 11 is 0.848. The predicted octanol–water partition coefficient (Wildman–Crippen LogP) is 3.35. The van der Waals surface area contributed by atoms with Crippen LogP contribution in [-0.2, 0) is 26.4 Å². The molecule has 3 aromatic rings. The Labute approximate surface area is 226 Å². The van der Waals surface area contributed by atoms with Gasteiger partial charge in [0.05, 0.1) is 44.7 Å². The molecule has 1 unspecified atom stereocenters. The number of nitriles is 1. The quantitative estimate of drug-likeness (QED) is 0.275. The highest BCUT2D eigenvalue weighted by Gasteiger charge is 2.36. The maximum Gasteiger partial charge on any atom is 0.348 e. The van der Waals surface area contributed by atoms with Gasteiger partial charge < -0.3 is 19.3 Å². The fourth-order valence-corrected chi connectivity index (χ4v) is 5.29. The van der Waals surface area contributed by atoms with E-state index in [2.05, 4.69) is 0 Å². The van der Waals surface area contributed by atoms with E-state index in [0.29, 0.717) is 4.57 Å². The smallest absolute Gasteiger partial charge is 0.348 e. The zero-order valence-corrected chi connectivity index (χ0v) is 22.9. The average molecular weight is 562 g/mol. The first-order valence-electron chi connectivity index (χ1n) is 11.9. The van der Waals surface area contributed by atoms with Crippen LogP contribution >= 0.6 is 11.3 Å². The molecule has 0 aliphatic rings. The minimum absolute atomic E-state index is 0.00486. The number of halogens is 1. The van der Waals surface area contributed by atoms with Gasteiger partial charge in [-0.15, -0.1) is 11.3 Å². The number of aromatic nitrogens is 2. The Kier molecular flexibility index (Phi) is 8.93. The number of hydrogen-bond donors (Lipinski definition) is 1. The summed E-state index contributed by atoms with van der Waals surface area (Å²) in [5, 5.41) is 18.8. The summed E-state index contributed by atoms with van der Waals surface area (Å²) in [4.78, 5) is 52.3. The van der Waals surface area contributed by atoms with Crippen molar-refractivity contribution in [2.24, 2.45) is 0 Å². The van der Waals surface area contributed by atoms with E-state index in [-0.39, 0.29) is 58.1 Å². The molecule has 0 saturated heterocycles. The van der Waals surface area contributed by atoms with Crippen LogP contribution in [0.25, 0.3) is 10.2 Å². The molecule has 0 bridgehead atoms. The summed E-state index contributed by atoms with van der Waals surface area (Å²) in [5.41, 5.74) is -3.36. The molecule has 1 aromatic carbocycles. The second-order valence-corrected chi connectivity index (χ2v) is 10.0. The first-order valence-corrected chi connectivity index (χ1v) is 12.7.